The van der Waals surface area contributed by atoms with E-state index in [0.29, 0.717) is 17.9 Å². The van der Waals surface area contributed by atoms with Crippen LogP contribution in [0.25, 0.3) is 11.5 Å². The highest BCUT2D eigenvalue weighted by Crippen LogP contribution is 2.35. The number of halogens is 1. The summed E-state index contributed by atoms with van der Waals surface area (Å²) >= 11 is 6.03. The highest BCUT2D eigenvalue weighted by Gasteiger charge is 2.35. The first-order chi connectivity index (χ1) is 9.57. The van der Waals surface area contributed by atoms with Gasteiger partial charge in [0.05, 0.1) is 17.5 Å². The summed E-state index contributed by atoms with van der Waals surface area (Å²) in [5, 5.41) is 0.179. The van der Waals surface area contributed by atoms with E-state index in [4.69, 9.17) is 27.5 Å². The molecule has 1 aliphatic carbocycles. The Morgan fingerprint density at radius 1 is 1.40 bits per heavy atom. The maximum Gasteiger partial charge on any atom is 0.223 e. The van der Waals surface area contributed by atoms with Crippen LogP contribution >= 0.6 is 11.6 Å². The molecule has 5 nitrogen and oxygen atoms in total. The van der Waals surface area contributed by atoms with Gasteiger partial charge in [0.1, 0.15) is 5.69 Å². The van der Waals surface area contributed by atoms with Crippen LogP contribution in [0.2, 0.25) is 5.28 Å². The molecule has 20 heavy (non-hydrogen) atoms. The van der Waals surface area contributed by atoms with E-state index >= 15 is 0 Å². The van der Waals surface area contributed by atoms with Gasteiger partial charge in [-0.05, 0) is 55.5 Å². The third-order valence-electron chi connectivity index (χ3n) is 3.81. The highest BCUT2D eigenvalue weighted by atomic mass is 35.5. The molecule has 2 heterocycles. The van der Waals surface area contributed by atoms with E-state index in [1.807, 2.05) is 12.1 Å². The lowest BCUT2D eigenvalue weighted by molar-refractivity contribution is 0.267. The quantitative estimate of drug-likeness (QED) is 0.830. The molecule has 0 spiro atoms. The third kappa shape index (κ3) is 2.57. The largest absolute Gasteiger partial charge is 0.463 e. The molecule has 4 N–H and O–H groups in total. The number of hydrogen-bond donors (Lipinski definition) is 2. The van der Waals surface area contributed by atoms with Crippen LogP contribution < -0.4 is 11.5 Å². The van der Waals surface area contributed by atoms with Gasteiger partial charge in [0, 0.05) is 6.04 Å². The smallest absolute Gasteiger partial charge is 0.223 e. The van der Waals surface area contributed by atoms with Crippen molar-refractivity contribution in [3.63, 3.8) is 0 Å². The minimum absolute atomic E-state index is 0.106. The molecular weight excluding hydrogens is 276 g/mol. The van der Waals surface area contributed by atoms with Crippen molar-refractivity contribution in [1.29, 1.82) is 0 Å². The van der Waals surface area contributed by atoms with Crippen LogP contribution in [-0.4, -0.2) is 16.0 Å². The number of hydrogen-bond acceptors (Lipinski definition) is 5. The van der Waals surface area contributed by atoms with Gasteiger partial charge in [-0.2, -0.15) is 0 Å². The second-order valence-electron chi connectivity index (χ2n) is 5.40. The van der Waals surface area contributed by atoms with E-state index in [9.17, 15) is 0 Å². The summed E-state index contributed by atoms with van der Waals surface area (Å²) in [5.74, 6) is 0.652. The second kappa shape index (κ2) is 5.16. The summed E-state index contributed by atoms with van der Waals surface area (Å²) in [5.41, 5.74) is 13.4. The molecule has 0 amide bonds. The zero-order chi connectivity index (χ0) is 14.2. The Hall–Kier alpha value is -1.43. The summed E-state index contributed by atoms with van der Waals surface area (Å²) < 4.78 is 5.36. The topological polar surface area (TPSA) is 91.0 Å². The number of rotatable bonds is 2. The predicted octanol–water partition coefficient (Wildman–Crippen LogP) is 2.45. The molecule has 2 unspecified atom stereocenters. The lowest BCUT2D eigenvalue weighted by Gasteiger charge is -2.36. The predicted molar refractivity (Wildman–Crippen MR) is 77.1 cm³/mol. The highest BCUT2D eigenvalue weighted by molar-refractivity contribution is 6.28. The Kier molecular flexibility index (Phi) is 3.50. The fourth-order valence-corrected chi connectivity index (χ4v) is 2.99. The Bertz CT molecular complexity index is 601. The van der Waals surface area contributed by atoms with E-state index in [2.05, 4.69) is 9.97 Å². The van der Waals surface area contributed by atoms with E-state index in [-0.39, 0.29) is 11.3 Å². The summed E-state index contributed by atoms with van der Waals surface area (Å²) in [6.45, 7) is 0. The normalized spacial score (nSPS) is 26.6. The van der Waals surface area contributed by atoms with Crippen LogP contribution in [0.4, 0.5) is 0 Å². The molecule has 1 saturated carbocycles. The van der Waals surface area contributed by atoms with Gasteiger partial charge in [-0.15, -0.1) is 0 Å². The van der Waals surface area contributed by atoms with Crippen molar-refractivity contribution in [3.05, 3.63) is 35.4 Å². The van der Waals surface area contributed by atoms with Gasteiger partial charge in [0.25, 0.3) is 0 Å². The lowest BCUT2D eigenvalue weighted by Crippen LogP contribution is -2.46. The van der Waals surface area contributed by atoms with Crippen molar-refractivity contribution in [2.45, 2.75) is 37.3 Å². The fourth-order valence-electron chi connectivity index (χ4n) is 2.81. The number of aromatic nitrogens is 2. The Morgan fingerprint density at radius 3 is 2.95 bits per heavy atom. The zero-order valence-electron chi connectivity index (χ0n) is 11.1. The molecule has 0 bridgehead atoms. The number of nitrogens with zero attached hydrogens (tertiary/aromatic N) is 2. The molecule has 2 aromatic rings. The maximum atomic E-state index is 6.50. The van der Waals surface area contributed by atoms with Gasteiger partial charge in [-0.3, -0.25) is 0 Å². The van der Waals surface area contributed by atoms with Crippen molar-refractivity contribution in [2.24, 2.45) is 11.5 Å². The minimum atomic E-state index is -0.536. The summed E-state index contributed by atoms with van der Waals surface area (Å²) in [6.07, 6.45) is 5.15. The summed E-state index contributed by atoms with van der Waals surface area (Å²) in [6, 6.07) is 5.59. The van der Waals surface area contributed by atoms with Gasteiger partial charge in [-0.1, -0.05) is 0 Å². The number of nitrogens with two attached hydrogens (primary N) is 2. The standard InChI is InChI=1S/C14H17ClN4O/c15-13-18-10(11-4-2-6-20-11)7-12(19-13)14(17)5-1-3-9(16)8-14/h2,4,6-7,9H,1,3,5,8,16-17H2. The van der Waals surface area contributed by atoms with Crippen molar-refractivity contribution in [1.82, 2.24) is 9.97 Å². The average molecular weight is 293 g/mol. The van der Waals surface area contributed by atoms with E-state index in [0.717, 1.165) is 25.0 Å². The second-order valence-corrected chi connectivity index (χ2v) is 5.74. The molecule has 2 atom stereocenters. The minimum Gasteiger partial charge on any atom is -0.463 e. The van der Waals surface area contributed by atoms with E-state index in [1.54, 1.807) is 12.3 Å². The van der Waals surface area contributed by atoms with Crippen molar-refractivity contribution in [2.75, 3.05) is 0 Å². The van der Waals surface area contributed by atoms with Crippen LogP contribution in [0.5, 0.6) is 0 Å². The molecule has 0 aromatic carbocycles. The van der Waals surface area contributed by atoms with E-state index in [1.165, 1.54) is 0 Å². The molecular formula is C14H17ClN4O. The first-order valence-electron chi connectivity index (χ1n) is 6.70. The SMILES string of the molecule is NC1CCCC(N)(c2cc(-c3ccco3)nc(Cl)n2)C1. The monoisotopic (exact) mass is 292 g/mol. The van der Waals surface area contributed by atoms with Crippen LogP contribution in [0, 0.1) is 0 Å². The molecule has 0 saturated heterocycles. The van der Waals surface area contributed by atoms with Gasteiger partial charge in [-0.25, -0.2) is 9.97 Å². The fraction of sp³-hybridized carbons (Fsp3) is 0.429. The van der Waals surface area contributed by atoms with Gasteiger partial charge in [0.15, 0.2) is 5.76 Å². The number of furan rings is 1. The van der Waals surface area contributed by atoms with Crippen LogP contribution in [-0.2, 0) is 5.54 Å². The van der Waals surface area contributed by atoms with Crippen molar-refractivity contribution >= 4 is 11.6 Å². The van der Waals surface area contributed by atoms with E-state index < -0.39 is 5.54 Å². The molecule has 0 aliphatic heterocycles. The van der Waals surface area contributed by atoms with Crippen LogP contribution in [0.3, 0.4) is 0 Å². The molecule has 6 heteroatoms. The third-order valence-corrected chi connectivity index (χ3v) is 3.98. The van der Waals surface area contributed by atoms with Gasteiger partial charge < -0.3 is 15.9 Å². The molecule has 3 rings (SSSR count). The Morgan fingerprint density at radius 2 is 2.25 bits per heavy atom. The average Bonchev–Trinajstić information content (AvgIpc) is 2.91. The first kappa shape index (κ1) is 13.5. The first-order valence-corrected chi connectivity index (χ1v) is 7.08. The van der Waals surface area contributed by atoms with Crippen molar-refractivity contribution < 1.29 is 4.42 Å². The van der Waals surface area contributed by atoms with Crippen LogP contribution in [0.1, 0.15) is 31.4 Å². The molecule has 2 aromatic heterocycles. The molecule has 106 valence electrons. The lowest BCUT2D eigenvalue weighted by atomic mass is 9.77. The molecule has 1 aliphatic rings. The van der Waals surface area contributed by atoms with Gasteiger partial charge in [0.2, 0.25) is 5.28 Å². The van der Waals surface area contributed by atoms with Crippen LogP contribution in [0.15, 0.2) is 28.9 Å². The zero-order valence-corrected chi connectivity index (χ0v) is 11.8. The Balaban J connectivity index is 2.01. The summed E-state index contributed by atoms with van der Waals surface area (Å²) in [4.78, 5) is 8.50. The molecule has 0 radical (unpaired) electrons. The Labute approximate surface area is 122 Å². The van der Waals surface area contributed by atoms with Crippen molar-refractivity contribution in [3.8, 4) is 11.5 Å². The molecule has 1 fully saturated rings. The summed E-state index contributed by atoms with van der Waals surface area (Å²) in [7, 11) is 0. The van der Waals surface area contributed by atoms with Gasteiger partial charge >= 0.3 is 0 Å². The maximum absolute atomic E-state index is 6.50.